The highest BCUT2D eigenvalue weighted by atomic mass is 32.2. The van der Waals surface area contributed by atoms with Crippen molar-refractivity contribution in [3.8, 4) is 0 Å². The summed E-state index contributed by atoms with van der Waals surface area (Å²) in [5, 5.41) is 0.928. The van der Waals surface area contributed by atoms with E-state index in [-0.39, 0.29) is 16.7 Å². The largest absolute Gasteiger partial charge is 0.444 e. The van der Waals surface area contributed by atoms with Crippen molar-refractivity contribution in [3.05, 3.63) is 0 Å². The number of amides is 1. The Morgan fingerprint density at radius 3 is 2.35 bits per heavy atom. The van der Waals surface area contributed by atoms with Gasteiger partial charge in [0.05, 0.1) is 0 Å². The molecule has 1 spiro atoms. The zero-order valence-electron chi connectivity index (χ0n) is 18.1. The first-order valence-electron chi connectivity index (χ1n) is 10.0. The molecule has 2 rings (SSSR count). The maximum absolute atomic E-state index is 12.5. The van der Waals surface area contributed by atoms with Crippen LogP contribution in [0.1, 0.15) is 67.2 Å². The van der Waals surface area contributed by atoms with Crippen LogP contribution in [0.15, 0.2) is 0 Å². The third-order valence-corrected chi connectivity index (χ3v) is 11.9. The van der Waals surface area contributed by atoms with Crippen LogP contribution in [0, 0.1) is 0 Å². The Morgan fingerprint density at radius 2 is 1.81 bits per heavy atom. The molecular formula is C20H39NO3SSi. The van der Waals surface area contributed by atoms with Crippen molar-refractivity contribution in [1.82, 2.24) is 4.90 Å². The second-order valence-corrected chi connectivity index (χ2v) is 16.7. The van der Waals surface area contributed by atoms with Crippen molar-refractivity contribution in [2.45, 2.75) is 102 Å². The average molecular weight is 402 g/mol. The van der Waals surface area contributed by atoms with Gasteiger partial charge in [-0.2, -0.15) is 11.8 Å². The zero-order chi connectivity index (χ0) is 19.8. The average Bonchev–Trinajstić information content (AvgIpc) is 2.84. The van der Waals surface area contributed by atoms with E-state index >= 15 is 0 Å². The Morgan fingerprint density at radius 1 is 1.19 bits per heavy atom. The Labute approximate surface area is 165 Å². The summed E-state index contributed by atoms with van der Waals surface area (Å²) >= 11 is 2.02. The van der Waals surface area contributed by atoms with Crippen LogP contribution < -0.4 is 0 Å². The smallest absolute Gasteiger partial charge is 0.410 e. The number of carbonyl (C=O) groups excluding carboxylic acids is 1. The van der Waals surface area contributed by atoms with E-state index in [1.165, 1.54) is 0 Å². The van der Waals surface area contributed by atoms with Crippen LogP contribution in [0.5, 0.6) is 0 Å². The topological polar surface area (TPSA) is 38.8 Å². The Balaban J connectivity index is 1.75. The van der Waals surface area contributed by atoms with Crippen molar-refractivity contribution < 1.29 is 14.0 Å². The normalized spacial score (nSPS) is 26.9. The molecule has 0 bridgehead atoms. The summed E-state index contributed by atoms with van der Waals surface area (Å²) in [5.41, 5.74) is -0.347. The minimum atomic E-state index is -1.63. The molecule has 0 aromatic carbocycles. The molecule has 26 heavy (non-hydrogen) atoms. The third kappa shape index (κ3) is 5.19. The summed E-state index contributed by atoms with van der Waals surface area (Å²) in [4.78, 5) is 14.5. The lowest BCUT2D eigenvalue weighted by atomic mass is 9.74. The van der Waals surface area contributed by atoms with Gasteiger partial charge in [-0.15, -0.1) is 0 Å². The minimum absolute atomic E-state index is 0.0697. The molecule has 0 atom stereocenters. The van der Waals surface area contributed by atoms with E-state index in [1.807, 2.05) is 37.4 Å². The number of rotatable bonds is 5. The van der Waals surface area contributed by atoms with Crippen LogP contribution in [0.3, 0.4) is 0 Å². The predicted octanol–water partition coefficient (Wildman–Crippen LogP) is 5.67. The maximum Gasteiger partial charge on any atom is 0.410 e. The van der Waals surface area contributed by atoms with Gasteiger partial charge >= 0.3 is 6.09 Å². The van der Waals surface area contributed by atoms with Crippen molar-refractivity contribution in [2.75, 3.05) is 18.9 Å². The number of hydrogen-bond donors (Lipinski definition) is 0. The molecule has 1 saturated carbocycles. The SMILES string of the molecule is CC(C)(C)OC(=O)N1CCCC12CC(SCCO[Si](C)(C)C(C)(C)C)C2. The molecule has 1 aliphatic carbocycles. The first-order chi connectivity index (χ1) is 11.8. The molecule has 2 fully saturated rings. The molecule has 1 amide bonds. The van der Waals surface area contributed by atoms with Crippen molar-refractivity contribution >= 4 is 26.2 Å². The molecule has 1 aliphatic heterocycles. The van der Waals surface area contributed by atoms with Crippen LogP contribution >= 0.6 is 11.8 Å². The molecule has 0 unspecified atom stereocenters. The molecule has 152 valence electrons. The van der Waals surface area contributed by atoms with E-state index in [9.17, 15) is 4.79 Å². The van der Waals surface area contributed by atoms with E-state index in [2.05, 4.69) is 33.9 Å². The first-order valence-corrected chi connectivity index (χ1v) is 14.0. The van der Waals surface area contributed by atoms with E-state index in [4.69, 9.17) is 9.16 Å². The number of hydrogen-bond acceptors (Lipinski definition) is 4. The highest BCUT2D eigenvalue weighted by molar-refractivity contribution is 8.00. The highest BCUT2D eigenvalue weighted by Crippen LogP contribution is 2.50. The summed E-state index contributed by atoms with van der Waals surface area (Å²) in [6.45, 7) is 19.0. The van der Waals surface area contributed by atoms with E-state index in [0.717, 1.165) is 44.6 Å². The van der Waals surface area contributed by atoms with Crippen molar-refractivity contribution in [2.24, 2.45) is 0 Å². The summed E-state index contributed by atoms with van der Waals surface area (Å²) in [5.74, 6) is 1.06. The molecule has 0 aromatic rings. The molecule has 0 aromatic heterocycles. The third-order valence-electron chi connectivity index (χ3n) is 6.13. The van der Waals surface area contributed by atoms with Gasteiger partial charge in [0, 0.05) is 29.7 Å². The van der Waals surface area contributed by atoms with Crippen LogP contribution in [0.25, 0.3) is 0 Å². The summed E-state index contributed by atoms with van der Waals surface area (Å²) in [6.07, 6.45) is 4.32. The van der Waals surface area contributed by atoms with Gasteiger partial charge < -0.3 is 14.1 Å². The molecule has 0 radical (unpaired) electrons. The molecule has 0 N–H and O–H groups in total. The van der Waals surface area contributed by atoms with E-state index in [0.29, 0.717) is 5.25 Å². The van der Waals surface area contributed by atoms with Crippen molar-refractivity contribution in [3.63, 3.8) is 0 Å². The maximum atomic E-state index is 12.5. The number of thioether (sulfide) groups is 1. The summed E-state index contributed by atoms with van der Waals surface area (Å²) in [7, 11) is -1.63. The standard InChI is InChI=1S/C20H39NO3SSi/c1-18(2,3)24-17(22)21-11-9-10-20(21)14-16(15-20)25-13-12-23-26(7,8)19(4,5)6/h16H,9-15H2,1-8H3. The molecule has 6 heteroatoms. The second-order valence-electron chi connectivity index (χ2n) is 10.5. The monoisotopic (exact) mass is 401 g/mol. The summed E-state index contributed by atoms with van der Waals surface area (Å²) in [6, 6.07) is 0. The molecule has 4 nitrogen and oxygen atoms in total. The van der Waals surface area contributed by atoms with Gasteiger partial charge in [-0.05, 0) is 64.6 Å². The molecular weight excluding hydrogens is 362 g/mol. The Bertz CT molecular complexity index is 504. The van der Waals surface area contributed by atoms with Crippen molar-refractivity contribution in [1.29, 1.82) is 0 Å². The fourth-order valence-corrected chi connectivity index (χ4v) is 6.16. The lowest BCUT2D eigenvalue weighted by Crippen LogP contribution is -2.57. The lowest BCUT2D eigenvalue weighted by Gasteiger charge is -2.50. The first kappa shape index (κ1) is 22.1. The number of carbonyl (C=O) groups is 1. The fraction of sp³-hybridized carbons (Fsp3) is 0.950. The van der Waals surface area contributed by atoms with Crippen LogP contribution in [0.4, 0.5) is 4.79 Å². The highest BCUT2D eigenvalue weighted by Gasteiger charge is 2.53. The number of nitrogens with zero attached hydrogens (tertiary/aromatic N) is 1. The number of ether oxygens (including phenoxy) is 1. The van der Waals surface area contributed by atoms with E-state index in [1.54, 1.807) is 0 Å². The van der Waals surface area contributed by atoms with Crippen LogP contribution in [0.2, 0.25) is 18.1 Å². The van der Waals surface area contributed by atoms with Gasteiger partial charge in [0.1, 0.15) is 5.60 Å². The predicted molar refractivity (Wildman–Crippen MR) is 114 cm³/mol. The minimum Gasteiger partial charge on any atom is -0.444 e. The Hall–Kier alpha value is -0.203. The lowest BCUT2D eigenvalue weighted by molar-refractivity contribution is -0.00810. The van der Waals surface area contributed by atoms with Gasteiger partial charge in [-0.1, -0.05) is 20.8 Å². The van der Waals surface area contributed by atoms with Gasteiger partial charge in [0.15, 0.2) is 8.32 Å². The van der Waals surface area contributed by atoms with Gasteiger partial charge in [-0.25, -0.2) is 4.79 Å². The van der Waals surface area contributed by atoms with Gasteiger partial charge in [0.25, 0.3) is 0 Å². The second kappa shape index (κ2) is 7.67. The van der Waals surface area contributed by atoms with Gasteiger partial charge in [0.2, 0.25) is 0 Å². The van der Waals surface area contributed by atoms with Crippen LogP contribution in [-0.4, -0.2) is 54.6 Å². The zero-order valence-corrected chi connectivity index (χ0v) is 19.9. The fourth-order valence-electron chi connectivity index (χ4n) is 3.60. The van der Waals surface area contributed by atoms with Gasteiger partial charge in [-0.3, -0.25) is 0 Å². The molecule has 1 saturated heterocycles. The summed E-state index contributed by atoms with van der Waals surface area (Å²) < 4.78 is 11.9. The number of likely N-dealkylation sites (tertiary alicyclic amines) is 1. The van der Waals surface area contributed by atoms with E-state index < -0.39 is 13.9 Å². The molecule has 1 heterocycles. The van der Waals surface area contributed by atoms with Crippen LogP contribution in [-0.2, 0) is 9.16 Å². The quantitative estimate of drug-likeness (QED) is 0.439. The Kier molecular flexibility index (Phi) is 6.51. The molecule has 2 aliphatic rings.